The van der Waals surface area contributed by atoms with Crippen molar-refractivity contribution in [3.8, 4) is 5.75 Å². The Morgan fingerprint density at radius 2 is 2.00 bits per heavy atom. The lowest BCUT2D eigenvalue weighted by Crippen LogP contribution is -2.25. The predicted molar refractivity (Wildman–Crippen MR) is 89.5 cm³/mol. The summed E-state index contributed by atoms with van der Waals surface area (Å²) in [5.41, 5.74) is 7.39. The van der Waals surface area contributed by atoms with Crippen LogP contribution in [0.4, 0.5) is 0 Å². The van der Waals surface area contributed by atoms with Gasteiger partial charge in [-0.2, -0.15) is 0 Å². The van der Waals surface area contributed by atoms with Crippen molar-refractivity contribution >= 4 is 27.7 Å². The first-order valence-electron chi connectivity index (χ1n) is 6.45. The predicted octanol–water partition coefficient (Wildman–Crippen LogP) is 4.12. The summed E-state index contributed by atoms with van der Waals surface area (Å²) in [6.45, 7) is 0. The lowest BCUT2D eigenvalue weighted by atomic mass is 10.1. The van der Waals surface area contributed by atoms with Crippen molar-refractivity contribution in [3.05, 3.63) is 58.6 Å². The molecule has 0 bridgehead atoms. The first kappa shape index (κ1) is 15.4. The normalized spacial score (nSPS) is 12.2. The van der Waals surface area contributed by atoms with E-state index in [0.717, 1.165) is 28.0 Å². The third-order valence-electron chi connectivity index (χ3n) is 2.93. The lowest BCUT2D eigenvalue weighted by molar-refractivity contribution is 0.408. The Labute approximate surface area is 132 Å². The Morgan fingerprint density at radius 1 is 1.20 bits per heavy atom. The van der Waals surface area contributed by atoms with Crippen LogP contribution in [0.1, 0.15) is 5.56 Å². The first-order valence-corrected chi connectivity index (χ1v) is 8.22. The fourth-order valence-electron chi connectivity index (χ4n) is 1.97. The molecule has 2 aromatic rings. The van der Waals surface area contributed by atoms with Gasteiger partial charge in [-0.05, 0) is 36.2 Å². The van der Waals surface area contributed by atoms with E-state index in [0.29, 0.717) is 0 Å². The molecule has 0 aliphatic rings. The Morgan fingerprint density at radius 3 is 2.75 bits per heavy atom. The number of hydrogen-bond acceptors (Lipinski definition) is 3. The Balaban J connectivity index is 1.91. The third kappa shape index (κ3) is 4.54. The van der Waals surface area contributed by atoms with Gasteiger partial charge in [0.25, 0.3) is 0 Å². The molecule has 4 heteroatoms. The molecule has 0 spiro atoms. The van der Waals surface area contributed by atoms with Gasteiger partial charge in [-0.15, -0.1) is 11.8 Å². The van der Waals surface area contributed by atoms with Crippen LogP contribution < -0.4 is 10.5 Å². The molecule has 0 heterocycles. The van der Waals surface area contributed by atoms with E-state index in [4.69, 9.17) is 10.5 Å². The molecule has 2 rings (SSSR count). The van der Waals surface area contributed by atoms with Gasteiger partial charge in [-0.1, -0.05) is 40.2 Å². The van der Waals surface area contributed by atoms with E-state index in [1.54, 1.807) is 18.9 Å². The van der Waals surface area contributed by atoms with Crippen molar-refractivity contribution in [2.45, 2.75) is 17.4 Å². The molecule has 2 aromatic carbocycles. The zero-order valence-electron chi connectivity index (χ0n) is 11.4. The topological polar surface area (TPSA) is 35.2 Å². The van der Waals surface area contributed by atoms with Gasteiger partial charge in [0.2, 0.25) is 0 Å². The molecule has 0 saturated heterocycles. The van der Waals surface area contributed by atoms with Gasteiger partial charge >= 0.3 is 0 Å². The van der Waals surface area contributed by atoms with E-state index < -0.39 is 0 Å². The van der Waals surface area contributed by atoms with Crippen LogP contribution in [-0.2, 0) is 6.42 Å². The molecule has 0 saturated carbocycles. The Bertz CT molecular complexity index is 562. The number of halogens is 1. The van der Waals surface area contributed by atoms with Crippen LogP contribution in [0.25, 0.3) is 0 Å². The van der Waals surface area contributed by atoms with Crippen LogP contribution in [0.2, 0.25) is 0 Å². The van der Waals surface area contributed by atoms with Gasteiger partial charge in [0.1, 0.15) is 5.75 Å². The van der Waals surface area contributed by atoms with Gasteiger partial charge in [0.05, 0.1) is 7.11 Å². The van der Waals surface area contributed by atoms with Crippen molar-refractivity contribution in [2.24, 2.45) is 5.73 Å². The maximum absolute atomic E-state index is 6.23. The second-order valence-corrected chi connectivity index (χ2v) is 6.55. The third-order valence-corrected chi connectivity index (χ3v) is 4.61. The molecule has 1 atom stereocenters. The number of methoxy groups -OCH3 is 1. The molecular formula is C16H18BrNOS. The maximum Gasteiger partial charge on any atom is 0.122 e. The van der Waals surface area contributed by atoms with Crippen molar-refractivity contribution in [3.63, 3.8) is 0 Å². The SMILES string of the molecule is COc1ccccc1CC(N)CSc1cccc(Br)c1. The van der Waals surface area contributed by atoms with E-state index in [1.165, 1.54) is 4.90 Å². The van der Waals surface area contributed by atoms with Gasteiger partial charge in [-0.25, -0.2) is 0 Å². The Hall–Kier alpha value is -0.970. The highest BCUT2D eigenvalue weighted by molar-refractivity contribution is 9.10. The van der Waals surface area contributed by atoms with Gasteiger partial charge < -0.3 is 10.5 Å². The van der Waals surface area contributed by atoms with Crippen molar-refractivity contribution < 1.29 is 4.74 Å². The Kier molecular flexibility index (Phi) is 5.95. The average molecular weight is 352 g/mol. The number of hydrogen-bond donors (Lipinski definition) is 1. The van der Waals surface area contributed by atoms with E-state index in [9.17, 15) is 0 Å². The molecule has 0 aromatic heterocycles. The largest absolute Gasteiger partial charge is 0.496 e. The molecular weight excluding hydrogens is 334 g/mol. The monoisotopic (exact) mass is 351 g/mol. The second-order valence-electron chi connectivity index (χ2n) is 4.54. The van der Waals surface area contributed by atoms with E-state index in [-0.39, 0.29) is 6.04 Å². The average Bonchev–Trinajstić information content (AvgIpc) is 2.46. The molecule has 0 amide bonds. The molecule has 1 unspecified atom stereocenters. The fourth-order valence-corrected chi connectivity index (χ4v) is 3.43. The van der Waals surface area contributed by atoms with Crippen LogP contribution >= 0.6 is 27.7 Å². The van der Waals surface area contributed by atoms with Crippen molar-refractivity contribution in [1.29, 1.82) is 0 Å². The molecule has 2 N–H and O–H groups in total. The number of ether oxygens (including phenoxy) is 1. The summed E-state index contributed by atoms with van der Waals surface area (Å²) in [6, 6.07) is 16.4. The minimum Gasteiger partial charge on any atom is -0.496 e. The van der Waals surface area contributed by atoms with Crippen LogP contribution in [0, 0.1) is 0 Å². The molecule has 0 aliphatic heterocycles. The van der Waals surface area contributed by atoms with Crippen LogP contribution in [0.3, 0.4) is 0 Å². The molecule has 0 radical (unpaired) electrons. The van der Waals surface area contributed by atoms with E-state index >= 15 is 0 Å². The summed E-state index contributed by atoms with van der Waals surface area (Å²) in [5.74, 6) is 1.80. The van der Waals surface area contributed by atoms with Crippen LogP contribution in [0.5, 0.6) is 5.75 Å². The van der Waals surface area contributed by atoms with Gasteiger partial charge in [0.15, 0.2) is 0 Å². The zero-order valence-corrected chi connectivity index (χ0v) is 13.8. The summed E-state index contributed by atoms with van der Waals surface area (Å²) >= 11 is 5.26. The van der Waals surface area contributed by atoms with E-state index in [1.807, 2.05) is 30.3 Å². The van der Waals surface area contributed by atoms with Crippen molar-refractivity contribution in [1.82, 2.24) is 0 Å². The van der Waals surface area contributed by atoms with E-state index in [2.05, 4.69) is 34.1 Å². The smallest absolute Gasteiger partial charge is 0.122 e. The standard InChI is InChI=1S/C16H18BrNOS/c1-19-16-8-3-2-5-12(16)9-14(18)11-20-15-7-4-6-13(17)10-15/h2-8,10,14H,9,11,18H2,1H3. The fraction of sp³-hybridized carbons (Fsp3) is 0.250. The molecule has 0 fully saturated rings. The quantitative estimate of drug-likeness (QED) is 0.795. The summed E-state index contributed by atoms with van der Waals surface area (Å²) < 4.78 is 6.45. The summed E-state index contributed by atoms with van der Waals surface area (Å²) in [5, 5.41) is 0. The highest BCUT2D eigenvalue weighted by atomic mass is 79.9. The number of para-hydroxylation sites is 1. The van der Waals surface area contributed by atoms with Gasteiger partial charge in [0, 0.05) is 21.2 Å². The molecule has 0 aliphatic carbocycles. The molecule has 106 valence electrons. The lowest BCUT2D eigenvalue weighted by Gasteiger charge is -2.14. The van der Waals surface area contributed by atoms with Crippen LogP contribution in [0.15, 0.2) is 57.9 Å². The van der Waals surface area contributed by atoms with Crippen molar-refractivity contribution in [2.75, 3.05) is 12.9 Å². The van der Waals surface area contributed by atoms with Crippen LogP contribution in [-0.4, -0.2) is 18.9 Å². The summed E-state index contributed by atoms with van der Waals surface area (Å²) in [6.07, 6.45) is 0.824. The summed E-state index contributed by atoms with van der Waals surface area (Å²) in [7, 11) is 1.70. The zero-order chi connectivity index (χ0) is 14.4. The number of rotatable bonds is 6. The highest BCUT2D eigenvalue weighted by Gasteiger charge is 2.09. The summed E-state index contributed by atoms with van der Waals surface area (Å²) in [4.78, 5) is 1.23. The minimum absolute atomic E-state index is 0.107. The minimum atomic E-state index is 0.107. The first-order chi connectivity index (χ1) is 9.69. The number of thioether (sulfide) groups is 1. The number of nitrogens with two attached hydrogens (primary N) is 1. The van der Waals surface area contributed by atoms with Gasteiger partial charge in [-0.3, -0.25) is 0 Å². The molecule has 20 heavy (non-hydrogen) atoms. The maximum atomic E-state index is 6.23. The second kappa shape index (κ2) is 7.72. The molecule has 2 nitrogen and oxygen atoms in total. The number of benzene rings is 2. The highest BCUT2D eigenvalue weighted by Crippen LogP contribution is 2.24.